The van der Waals surface area contributed by atoms with Gasteiger partial charge < -0.3 is 0 Å². The van der Waals surface area contributed by atoms with Gasteiger partial charge in [-0.3, -0.25) is 0 Å². The van der Waals surface area contributed by atoms with E-state index in [0.29, 0.717) is 13.1 Å². The third-order valence-electron chi connectivity index (χ3n) is 4.44. The van der Waals surface area contributed by atoms with Crippen LogP contribution in [0.25, 0.3) is 11.3 Å². The van der Waals surface area contributed by atoms with Crippen LogP contribution in [0.1, 0.15) is 24.4 Å². The Labute approximate surface area is 143 Å². The Morgan fingerprint density at radius 1 is 1.12 bits per heavy atom. The van der Waals surface area contributed by atoms with Gasteiger partial charge in [-0.1, -0.05) is 35.0 Å². The van der Waals surface area contributed by atoms with Crippen molar-refractivity contribution in [1.29, 1.82) is 0 Å². The number of rotatable bonds is 4. The van der Waals surface area contributed by atoms with Crippen LogP contribution in [0.5, 0.6) is 0 Å². The van der Waals surface area contributed by atoms with E-state index in [2.05, 4.69) is 29.4 Å². The van der Waals surface area contributed by atoms with Crippen LogP contribution in [0.4, 0.5) is 0 Å². The molecule has 1 fully saturated rings. The van der Waals surface area contributed by atoms with Crippen molar-refractivity contribution < 1.29 is 8.42 Å². The maximum atomic E-state index is 12.2. The molecule has 2 aromatic rings. The van der Waals surface area contributed by atoms with Gasteiger partial charge in [0.15, 0.2) is 0 Å². The first-order chi connectivity index (χ1) is 11.4. The molecule has 1 aliphatic heterocycles. The molecule has 3 rings (SSSR count). The zero-order valence-corrected chi connectivity index (χ0v) is 15.1. The number of aryl methyl sites for hydroxylation is 1. The van der Waals surface area contributed by atoms with E-state index in [1.165, 1.54) is 14.2 Å². The van der Waals surface area contributed by atoms with Crippen LogP contribution < -0.4 is 0 Å². The van der Waals surface area contributed by atoms with Gasteiger partial charge in [-0.05, 0) is 19.8 Å². The van der Waals surface area contributed by atoms with Crippen LogP contribution >= 0.6 is 0 Å². The molecule has 8 heteroatoms. The largest absolute Gasteiger partial charge is 0.281 e. The molecular formula is C16H23N5O2S. The summed E-state index contributed by atoms with van der Waals surface area (Å²) in [5.41, 5.74) is 3.10. The molecule has 130 valence electrons. The first-order valence-electron chi connectivity index (χ1n) is 8.04. The van der Waals surface area contributed by atoms with Gasteiger partial charge >= 0.3 is 0 Å². The lowest BCUT2D eigenvalue weighted by molar-refractivity contribution is 0.249. The number of piperidine rings is 1. The third-order valence-corrected chi connectivity index (χ3v) is 6.38. The Bertz CT molecular complexity index is 790. The van der Waals surface area contributed by atoms with E-state index in [0.717, 1.165) is 24.1 Å². The van der Waals surface area contributed by atoms with Crippen LogP contribution in [0.15, 0.2) is 30.5 Å². The van der Waals surface area contributed by atoms with Crippen LogP contribution in [0.3, 0.4) is 0 Å². The zero-order chi connectivity index (χ0) is 17.3. The number of nitrogens with zero attached hydrogens (tertiary/aromatic N) is 5. The summed E-state index contributed by atoms with van der Waals surface area (Å²) < 4.78 is 29.0. The molecule has 1 aromatic heterocycles. The minimum atomic E-state index is -3.33. The summed E-state index contributed by atoms with van der Waals surface area (Å²) in [6.45, 7) is 3.06. The number of benzene rings is 1. The summed E-state index contributed by atoms with van der Waals surface area (Å²) in [4.78, 5) is 0. The molecule has 0 radical (unpaired) electrons. The van der Waals surface area contributed by atoms with Crippen molar-refractivity contribution >= 4 is 10.2 Å². The molecule has 24 heavy (non-hydrogen) atoms. The Hall–Kier alpha value is -1.77. The monoisotopic (exact) mass is 349 g/mol. The van der Waals surface area contributed by atoms with Crippen molar-refractivity contribution in [2.45, 2.75) is 25.8 Å². The minimum Gasteiger partial charge on any atom is -0.249 e. The highest BCUT2D eigenvalue weighted by molar-refractivity contribution is 7.86. The van der Waals surface area contributed by atoms with E-state index in [9.17, 15) is 8.42 Å². The molecular weight excluding hydrogens is 326 g/mol. The molecule has 1 aromatic carbocycles. The predicted octanol–water partition coefficient (Wildman–Crippen LogP) is 1.70. The van der Waals surface area contributed by atoms with Gasteiger partial charge in [0.05, 0.1) is 12.2 Å². The second-order valence-corrected chi connectivity index (χ2v) is 8.51. The molecule has 0 N–H and O–H groups in total. The van der Waals surface area contributed by atoms with Gasteiger partial charge in [-0.25, -0.2) is 4.68 Å². The summed E-state index contributed by atoms with van der Waals surface area (Å²) in [6.07, 6.45) is 3.43. The van der Waals surface area contributed by atoms with Gasteiger partial charge in [-0.15, -0.1) is 5.10 Å². The average Bonchev–Trinajstić information content (AvgIpc) is 3.05. The van der Waals surface area contributed by atoms with Crippen LogP contribution in [-0.2, 0) is 10.2 Å². The maximum absolute atomic E-state index is 12.2. The quantitative estimate of drug-likeness (QED) is 0.842. The van der Waals surface area contributed by atoms with Crippen molar-refractivity contribution in [3.05, 3.63) is 36.0 Å². The summed E-state index contributed by atoms with van der Waals surface area (Å²) >= 11 is 0. The predicted molar refractivity (Wildman–Crippen MR) is 92.6 cm³/mol. The molecule has 1 aliphatic rings. The van der Waals surface area contributed by atoms with Crippen molar-refractivity contribution in [3.8, 4) is 11.3 Å². The summed E-state index contributed by atoms with van der Waals surface area (Å²) in [6, 6.07) is 8.37. The molecule has 0 aliphatic carbocycles. The average molecular weight is 349 g/mol. The first kappa shape index (κ1) is 17.1. The molecule has 0 saturated carbocycles. The van der Waals surface area contributed by atoms with Gasteiger partial charge in [0.2, 0.25) is 0 Å². The van der Waals surface area contributed by atoms with E-state index in [1.807, 2.05) is 23.0 Å². The van der Waals surface area contributed by atoms with Crippen LogP contribution in [0.2, 0.25) is 0 Å². The number of hydrogen-bond acceptors (Lipinski definition) is 4. The Balaban J connectivity index is 1.68. The van der Waals surface area contributed by atoms with Gasteiger partial charge in [-0.2, -0.15) is 17.0 Å². The van der Waals surface area contributed by atoms with Gasteiger partial charge in [0, 0.05) is 32.7 Å². The van der Waals surface area contributed by atoms with Crippen molar-refractivity contribution in [1.82, 2.24) is 23.6 Å². The Kier molecular flexibility index (Phi) is 4.71. The highest BCUT2D eigenvalue weighted by Crippen LogP contribution is 2.26. The second-order valence-electron chi connectivity index (χ2n) is 6.37. The summed E-state index contributed by atoms with van der Waals surface area (Å²) in [5, 5.41) is 8.51. The smallest absolute Gasteiger partial charge is 0.249 e. The van der Waals surface area contributed by atoms with E-state index >= 15 is 0 Å². The van der Waals surface area contributed by atoms with E-state index in [1.54, 1.807) is 14.1 Å². The second kappa shape index (κ2) is 6.62. The van der Waals surface area contributed by atoms with Crippen molar-refractivity contribution in [2.24, 2.45) is 0 Å². The lowest BCUT2D eigenvalue weighted by Crippen LogP contribution is -2.44. The highest BCUT2D eigenvalue weighted by Gasteiger charge is 2.30. The van der Waals surface area contributed by atoms with E-state index < -0.39 is 10.2 Å². The summed E-state index contributed by atoms with van der Waals surface area (Å²) in [7, 11) is -0.202. The SMILES string of the molecule is Cc1ccc(-c2cn(C3CCN(S(=O)(=O)N(C)C)CC3)nn2)cc1. The van der Waals surface area contributed by atoms with Gasteiger partial charge in [0.1, 0.15) is 5.69 Å². The van der Waals surface area contributed by atoms with Gasteiger partial charge in [0.25, 0.3) is 10.2 Å². The fourth-order valence-electron chi connectivity index (χ4n) is 2.88. The van der Waals surface area contributed by atoms with Crippen LogP contribution in [0, 0.1) is 6.92 Å². The Morgan fingerprint density at radius 3 is 2.33 bits per heavy atom. The molecule has 2 heterocycles. The highest BCUT2D eigenvalue weighted by atomic mass is 32.2. The third kappa shape index (κ3) is 3.35. The lowest BCUT2D eigenvalue weighted by Gasteiger charge is -2.32. The molecule has 0 bridgehead atoms. The lowest BCUT2D eigenvalue weighted by atomic mass is 10.1. The van der Waals surface area contributed by atoms with E-state index in [-0.39, 0.29) is 6.04 Å². The normalized spacial score (nSPS) is 17.5. The van der Waals surface area contributed by atoms with E-state index in [4.69, 9.17) is 0 Å². The number of aromatic nitrogens is 3. The molecule has 1 saturated heterocycles. The van der Waals surface area contributed by atoms with Crippen LogP contribution in [-0.4, -0.2) is 59.2 Å². The molecule has 7 nitrogen and oxygen atoms in total. The fourth-order valence-corrected chi connectivity index (χ4v) is 4.01. The maximum Gasteiger partial charge on any atom is 0.281 e. The molecule has 0 unspecified atom stereocenters. The molecule has 0 atom stereocenters. The molecule has 0 spiro atoms. The first-order valence-corrected chi connectivity index (χ1v) is 9.44. The Morgan fingerprint density at radius 2 is 1.75 bits per heavy atom. The number of hydrogen-bond donors (Lipinski definition) is 0. The minimum absolute atomic E-state index is 0.185. The van der Waals surface area contributed by atoms with Crippen molar-refractivity contribution in [3.63, 3.8) is 0 Å². The summed E-state index contributed by atoms with van der Waals surface area (Å²) in [5.74, 6) is 0. The molecule has 0 amide bonds. The topological polar surface area (TPSA) is 71.3 Å². The fraction of sp³-hybridized carbons (Fsp3) is 0.500. The standard InChI is InChI=1S/C16H23N5O2S/c1-13-4-6-14(7-5-13)16-12-21(18-17-16)15-8-10-20(11-9-15)24(22,23)19(2)3/h4-7,12,15H,8-11H2,1-3H3. The van der Waals surface area contributed by atoms with Crippen molar-refractivity contribution in [2.75, 3.05) is 27.2 Å². The zero-order valence-electron chi connectivity index (χ0n) is 14.3.